The molecule has 4 heteroatoms. The van der Waals surface area contributed by atoms with E-state index < -0.39 is 0 Å². The summed E-state index contributed by atoms with van der Waals surface area (Å²) in [5, 5.41) is 0.649. The van der Waals surface area contributed by atoms with Crippen LogP contribution < -0.4 is 5.73 Å². The van der Waals surface area contributed by atoms with Crippen LogP contribution in [-0.2, 0) is 6.54 Å². The van der Waals surface area contributed by atoms with Gasteiger partial charge in [-0.05, 0) is 11.6 Å². The minimum atomic E-state index is 0.446. The van der Waals surface area contributed by atoms with Crippen LogP contribution in [0.3, 0.4) is 0 Å². The van der Waals surface area contributed by atoms with Gasteiger partial charge in [0.15, 0.2) is 0 Å². The number of benzene rings is 1. The lowest BCUT2D eigenvalue weighted by Crippen LogP contribution is -1.96. The number of hydrogen-bond donors (Lipinski definition) is 2. The largest absolute Gasteiger partial charge is 0.345 e. The zero-order valence-electron chi connectivity index (χ0n) is 6.34. The highest BCUT2D eigenvalue weighted by Gasteiger charge is 2.05. The minimum absolute atomic E-state index is 0.446. The van der Waals surface area contributed by atoms with Crippen molar-refractivity contribution in [2.45, 2.75) is 6.54 Å². The molecule has 0 aliphatic carbocycles. The number of nitrogens with one attached hydrogen (secondary N) is 1. The lowest BCUT2D eigenvalue weighted by Gasteiger charge is -1.99. The molecule has 1 aromatic heterocycles. The molecule has 12 heavy (non-hydrogen) atoms. The van der Waals surface area contributed by atoms with Gasteiger partial charge in [0, 0.05) is 6.54 Å². The fourth-order valence-electron chi connectivity index (χ4n) is 1.17. The average Bonchev–Trinajstić information content (AvgIpc) is 2.53. The zero-order valence-corrected chi connectivity index (χ0v) is 7.10. The van der Waals surface area contributed by atoms with Gasteiger partial charge in [-0.15, -0.1) is 0 Å². The van der Waals surface area contributed by atoms with Crippen LogP contribution in [0.25, 0.3) is 11.0 Å². The number of halogens is 1. The van der Waals surface area contributed by atoms with E-state index >= 15 is 0 Å². The summed E-state index contributed by atoms with van der Waals surface area (Å²) in [6.45, 7) is 0.446. The second-order valence-corrected chi connectivity index (χ2v) is 2.92. The molecule has 0 saturated heterocycles. The first-order chi connectivity index (χ1) is 5.83. The molecule has 0 saturated carbocycles. The Morgan fingerprint density at radius 1 is 1.50 bits per heavy atom. The lowest BCUT2D eigenvalue weighted by molar-refractivity contribution is 1.07. The van der Waals surface area contributed by atoms with Crippen LogP contribution in [0.5, 0.6) is 0 Å². The molecule has 0 aliphatic rings. The van der Waals surface area contributed by atoms with Crippen molar-refractivity contribution in [1.29, 1.82) is 0 Å². The van der Waals surface area contributed by atoms with E-state index in [-0.39, 0.29) is 0 Å². The van der Waals surface area contributed by atoms with Gasteiger partial charge < -0.3 is 10.7 Å². The Kier molecular flexibility index (Phi) is 1.75. The summed E-state index contributed by atoms with van der Waals surface area (Å²) in [7, 11) is 0. The molecule has 0 amide bonds. The standard InChI is InChI=1S/C8H8ClN3/c9-7-5(3-10)1-2-6-8(7)12-4-11-6/h1-2,4H,3,10H2,(H,11,12). The van der Waals surface area contributed by atoms with Gasteiger partial charge in [-0.1, -0.05) is 17.7 Å². The smallest absolute Gasteiger partial charge is 0.107 e. The Morgan fingerprint density at radius 2 is 2.33 bits per heavy atom. The highest BCUT2D eigenvalue weighted by molar-refractivity contribution is 6.35. The number of aromatic amines is 1. The van der Waals surface area contributed by atoms with Crippen molar-refractivity contribution >= 4 is 22.6 Å². The molecule has 3 nitrogen and oxygen atoms in total. The van der Waals surface area contributed by atoms with Crippen LogP contribution in [-0.4, -0.2) is 9.97 Å². The van der Waals surface area contributed by atoms with Crippen molar-refractivity contribution < 1.29 is 0 Å². The molecule has 0 aliphatic heterocycles. The van der Waals surface area contributed by atoms with Gasteiger partial charge >= 0.3 is 0 Å². The summed E-state index contributed by atoms with van der Waals surface area (Å²) in [4.78, 5) is 7.06. The Bertz CT molecular complexity index is 408. The first-order valence-electron chi connectivity index (χ1n) is 3.63. The monoisotopic (exact) mass is 181 g/mol. The normalized spacial score (nSPS) is 10.8. The zero-order chi connectivity index (χ0) is 8.55. The van der Waals surface area contributed by atoms with Gasteiger partial charge in [0.1, 0.15) is 5.52 Å². The molecule has 2 rings (SSSR count). The molecular formula is C8H8ClN3. The number of imidazole rings is 1. The first kappa shape index (κ1) is 7.58. The number of fused-ring (bicyclic) bond motifs is 1. The number of H-pyrrole nitrogens is 1. The number of hydrogen-bond acceptors (Lipinski definition) is 2. The van der Waals surface area contributed by atoms with Crippen molar-refractivity contribution in [3.8, 4) is 0 Å². The molecule has 2 aromatic rings. The molecular weight excluding hydrogens is 174 g/mol. The highest BCUT2D eigenvalue weighted by atomic mass is 35.5. The lowest BCUT2D eigenvalue weighted by atomic mass is 10.2. The molecule has 0 unspecified atom stereocenters. The Labute approximate surface area is 74.5 Å². The number of nitrogens with zero attached hydrogens (tertiary/aromatic N) is 1. The number of rotatable bonds is 1. The third-order valence-electron chi connectivity index (χ3n) is 1.83. The van der Waals surface area contributed by atoms with Crippen LogP contribution in [0.1, 0.15) is 5.56 Å². The number of aromatic nitrogens is 2. The van der Waals surface area contributed by atoms with Crippen LogP contribution in [0, 0.1) is 0 Å². The predicted octanol–water partition coefficient (Wildman–Crippen LogP) is 1.67. The van der Waals surface area contributed by atoms with E-state index in [2.05, 4.69) is 9.97 Å². The van der Waals surface area contributed by atoms with Crippen LogP contribution in [0.15, 0.2) is 18.5 Å². The van der Waals surface area contributed by atoms with Crippen molar-refractivity contribution in [1.82, 2.24) is 9.97 Å². The molecule has 1 heterocycles. The van der Waals surface area contributed by atoms with Gasteiger partial charge in [0.05, 0.1) is 16.9 Å². The van der Waals surface area contributed by atoms with E-state index in [0.717, 1.165) is 16.6 Å². The average molecular weight is 182 g/mol. The quantitative estimate of drug-likeness (QED) is 0.703. The molecule has 0 spiro atoms. The minimum Gasteiger partial charge on any atom is -0.345 e. The Balaban J connectivity index is 2.78. The summed E-state index contributed by atoms with van der Waals surface area (Å²) < 4.78 is 0. The fraction of sp³-hybridized carbons (Fsp3) is 0.125. The maximum Gasteiger partial charge on any atom is 0.107 e. The van der Waals surface area contributed by atoms with Crippen LogP contribution in [0.4, 0.5) is 0 Å². The maximum atomic E-state index is 6.02. The highest BCUT2D eigenvalue weighted by Crippen LogP contribution is 2.23. The van der Waals surface area contributed by atoms with Crippen molar-refractivity contribution in [2.24, 2.45) is 5.73 Å². The van der Waals surface area contributed by atoms with Gasteiger partial charge in [-0.2, -0.15) is 0 Å². The SMILES string of the molecule is NCc1ccc2[nH]cnc2c1Cl. The van der Waals surface area contributed by atoms with Gasteiger partial charge in [-0.25, -0.2) is 4.98 Å². The number of nitrogens with two attached hydrogens (primary N) is 1. The molecule has 0 atom stereocenters. The van der Waals surface area contributed by atoms with E-state index in [9.17, 15) is 0 Å². The van der Waals surface area contributed by atoms with Gasteiger partial charge in [-0.3, -0.25) is 0 Å². The molecule has 62 valence electrons. The van der Waals surface area contributed by atoms with Crippen molar-refractivity contribution in [2.75, 3.05) is 0 Å². The van der Waals surface area contributed by atoms with Crippen LogP contribution >= 0.6 is 11.6 Å². The van der Waals surface area contributed by atoms with Crippen molar-refractivity contribution in [3.05, 3.63) is 29.0 Å². The third kappa shape index (κ3) is 0.983. The topological polar surface area (TPSA) is 54.7 Å². The summed E-state index contributed by atoms with van der Waals surface area (Å²) in [6.07, 6.45) is 1.62. The summed E-state index contributed by atoms with van der Waals surface area (Å²) in [5.74, 6) is 0. The molecule has 0 radical (unpaired) electrons. The summed E-state index contributed by atoms with van der Waals surface area (Å²) in [6, 6.07) is 3.83. The Hall–Kier alpha value is -1.06. The molecule has 1 aromatic carbocycles. The summed E-state index contributed by atoms with van der Waals surface area (Å²) >= 11 is 6.02. The molecule has 3 N–H and O–H groups in total. The fourth-order valence-corrected chi connectivity index (χ4v) is 1.46. The predicted molar refractivity (Wildman–Crippen MR) is 49.0 cm³/mol. The van der Waals surface area contributed by atoms with Gasteiger partial charge in [0.2, 0.25) is 0 Å². The summed E-state index contributed by atoms with van der Waals surface area (Å²) in [5.41, 5.74) is 8.15. The second kappa shape index (κ2) is 2.77. The van der Waals surface area contributed by atoms with Crippen LogP contribution in [0.2, 0.25) is 5.02 Å². The molecule has 0 bridgehead atoms. The van der Waals surface area contributed by atoms with E-state index in [0.29, 0.717) is 11.6 Å². The maximum absolute atomic E-state index is 6.02. The van der Waals surface area contributed by atoms with Gasteiger partial charge in [0.25, 0.3) is 0 Å². The third-order valence-corrected chi connectivity index (χ3v) is 2.25. The van der Waals surface area contributed by atoms with E-state index in [1.165, 1.54) is 0 Å². The molecule has 0 fully saturated rings. The Morgan fingerprint density at radius 3 is 3.08 bits per heavy atom. The second-order valence-electron chi connectivity index (χ2n) is 2.54. The first-order valence-corrected chi connectivity index (χ1v) is 4.01. The van der Waals surface area contributed by atoms with E-state index in [4.69, 9.17) is 17.3 Å². The van der Waals surface area contributed by atoms with E-state index in [1.54, 1.807) is 6.33 Å². The van der Waals surface area contributed by atoms with Crippen molar-refractivity contribution in [3.63, 3.8) is 0 Å². The van der Waals surface area contributed by atoms with E-state index in [1.807, 2.05) is 12.1 Å².